The SMILES string of the molecule is NCC(=O)N1CCN(CCCOc2ccccc2)CC1. The second-order valence-corrected chi connectivity index (χ2v) is 4.94. The van der Waals surface area contributed by atoms with Crippen LogP contribution in [0.3, 0.4) is 0 Å². The zero-order chi connectivity index (χ0) is 14.2. The van der Waals surface area contributed by atoms with Gasteiger partial charge in [0.15, 0.2) is 0 Å². The van der Waals surface area contributed by atoms with E-state index in [-0.39, 0.29) is 12.5 Å². The fourth-order valence-electron chi connectivity index (χ4n) is 2.34. The Labute approximate surface area is 120 Å². The van der Waals surface area contributed by atoms with E-state index in [1.807, 2.05) is 35.2 Å². The smallest absolute Gasteiger partial charge is 0.236 e. The first-order chi connectivity index (χ1) is 9.79. The quantitative estimate of drug-likeness (QED) is 0.772. The van der Waals surface area contributed by atoms with Crippen LogP contribution in [-0.2, 0) is 4.79 Å². The molecule has 0 radical (unpaired) electrons. The highest BCUT2D eigenvalue weighted by atomic mass is 16.5. The molecular weight excluding hydrogens is 254 g/mol. The molecule has 20 heavy (non-hydrogen) atoms. The molecular formula is C15H23N3O2. The second kappa shape index (κ2) is 7.87. The van der Waals surface area contributed by atoms with Crippen LogP contribution in [0.5, 0.6) is 5.75 Å². The molecule has 0 bridgehead atoms. The summed E-state index contributed by atoms with van der Waals surface area (Å²) in [7, 11) is 0. The Morgan fingerprint density at radius 3 is 2.50 bits per heavy atom. The zero-order valence-corrected chi connectivity index (χ0v) is 11.8. The number of nitrogens with zero attached hydrogens (tertiary/aromatic N) is 2. The molecule has 0 aliphatic carbocycles. The van der Waals surface area contributed by atoms with Crippen molar-refractivity contribution in [2.45, 2.75) is 6.42 Å². The summed E-state index contributed by atoms with van der Waals surface area (Å²) in [5, 5.41) is 0. The zero-order valence-electron chi connectivity index (χ0n) is 11.8. The summed E-state index contributed by atoms with van der Waals surface area (Å²) in [4.78, 5) is 15.7. The van der Waals surface area contributed by atoms with Gasteiger partial charge in [0.1, 0.15) is 5.75 Å². The van der Waals surface area contributed by atoms with Gasteiger partial charge >= 0.3 is 0 Å². The summed E-state index contributed by atoms with van der Waals surface area (Å²) in [6.07, 6.45) is 1.000. The van der Waals surface area contributed by atoms with Crippen LogP contribution in [-0.4, -0.2) is 61.6 Å². The third-order valence-electron chi connectivity index (χ3n) is 3.53. The van der Waals surface area contributed by atoms with Gasteiger partial charge in [-0.1, -0.05) is 18.2 Å². The highest BCUT2D eigenvalue weighted by molar-refractivity contribution is 5.78. The lowest BCUT2D eigenvalue weighted by Gasteiger charge is -2.34. The van der Waals surface area contributed by atoms with Crippen LogP contribution in [0.4, 0.5) is 0 Å². The van der Waals surface area contributed by atoms with E-state index >= 15 is 0 Å². The van der Waals surface area contributed by atoms with Crippen molar-refractivity contribution in [3.8, 4) is 5.75 Å². The van der Waals surface area contributed by atoms with E-state index < -0.39 is 0 Å². The molecule has 1 saturated heterocycles. The Balaban J connectivity index is 1.58. The predicted molar refractivity (Wildman–Crippen MR) is 78.6 cm³/mol. The van der Waals surface area contributed by atoms with Gasteiger partial charge in [-0.2, -0.15) is 0 Å². The van der Waals surface area contributed by atoms with Gasteiger partial charge in [0.05, 0.1) is 13.2 Å². The molecule has 1 fully saturated rings. The number of nitrogens with two attached hydrogens (primary N) is 1. The molecule has 1 heterocycles. The Morgan fingerprint density at radius 2 is 1.85 bits per heavy atom. The first kappa shape index (κ1) is 14.8. The maximum Gasteiger partial charge on any atom is 0.236 e. The molecule has 5 heteroatoms. The van der Waals surface area contributed by atoms with Crippen LogP contribution in [0.2, 0.25) is 0 Å². The highest BCUT2D eigenvalue weighted by Crippen LogP contribution is 2.09. The van der Waals surface area contributed by atoms with Crippen LogP contribution < -0.4 is 10.5 Å². The summed E-state index contributed by atoms with van der Waals surface area (Å²) in [5.74, 6) is 0.975. The van der Waals surface area contributed by atoms with E-state index in [9.17, 15) is 4.79 Å². The molecule has 0 spiro atoms. The first-order valence-electron chi connectivity index (χ1n) is 7.17. The first-order valence-corrected chi connectivity index (χ1v) is 7.17. The van der Waals surface area contributed by atoms with E-state index in [0.29, 0.717) is 0 Å². The molecule has 0 atom stereocenters. The third-order valence-corrected chi connectivity index (χ3v) is 3.53. The van der Waals surface area contributed by atoms with Crippen LogP contribution >= 0.6 is 0 Å². The predicted octanol–water partition coefficient (Wildman–Crippen LogP) is 0.558. The topological polar surface area (TPSA) is 58.8 Å². The minimum Gasteiger partial charge on any atom is -0.494 e. The Morgan fingerprint density at radius 1 is 1.15 bits per heavy atom. The van der Waals surface area contributed by atoms with E-state index in [1.54, 1.807) is 0 Å². The van der Waals surface area contributed by atoms with Crippen LogP contribution in [0.25, 0.3) is 0 Å². The van der Waals surface area contributed by atoms with Crippen molar-refractivity contribution in [2.75, 3.05) is 45.9 Å². The monoisotopic (exact) mass is 277 g/mol. The molecule has 1 aliphatic heterocycles. The molecule has 1 amide bonds. The summed E-state index contributed by atoms with van der Waals surface area (Å²) in [5.41, 5.74) is 5.37. The van der Waals surface area contributed by atoms with E-state index in [4.69, 9.17) is 10.5 Å². The Hall–Kier alpha value is -1.59. The molecule has 2 rings (SSSR count). The van der Waals surface area contributed by atoms with Gasteiger partial charge in [-0.3, -0.25) is 9.69 Å². The third kappa shape index (κ3) is 4.51. The fourth-order valence-corrected chi connectivity index (χ4v) is 2.34. The molecule has 1 aromatic carbocycles. The average Bonchev–Trinajstić information content (AvgIpc) is 2.52. The Kier molecular flexibility index (Phi) is 5.83. The number of benzene rings is 1. The normalized spacial score (nSPS) is 16.1. The number of hydrogen-bond donors (Lipinski definition) is 1. The largest absolute Gasteiger partial charge is 0.494 e. The van der Waals surface area contributed by atoms with Crippen LogP contribution in [0.15, 0.2) is 30.3 Å². The number of hydrogen-bond acceptors (Lipinski definition) is 4. The van der Waals surface area contributed by atoms with E-state index in [1.165, 1.54) is 0 Å². The number of ether oxygens (including phenoxy) is 1. The number of rotatable bonds is 6. The van der Waals surface area contributed by atoms with Gasteiger partial charge in [-0.25, -0.2) is 0 Å². The standard InChI is InChI=1S/C15H23N3O2/c16-13-15(19)18-10-8-17(9-11-18)7-4-12-20-14-5-2-1-3-6-14/h1-3,5-6H,4,7-13,16H2. The molecule has 1 aromatic rings. The maximum absolute atomic E-state index is 11.5. The maximum atomic E-state index is 11.5. The van der Waals surface area contributed by atoms with Crippen molar-refractivity contribution >= 4 is 5.91 Å². The summed E-state index contributed by atoms with van der Waals surface area (Å²) >= 11 is 0. The number of carbonyl (C=O) groups is 1. The fraction of sp³-hybridized carbons (Fsp3) is 0.533. The lowest BCUT2D eigenvalue weighted by molar-refractivity contribution is -0.131. The molecule has 2 N–H and O–H groups in total. The minimum atomic E-state index is 0.0528. The van der Waals surface area contributed by atoms with Crippen molar-refractivity contribution in [1.82, 2.24) is 9.80 Å². The number of piperazine rings is 1. The minimum absolute atomic E-state index is 0.0528. The molecule has 0 aromatic heterocycles. The summed E-state index contributed by atoms with van der Waals surface area (Å²) in [6.45, 7) is 5.29. The van der Waals surface area contributed by atoms with Gasteiger partial charge < -0.3 is 15.4 Å². The van der Waals surface area contributed by atoms with Gasteiger partial charge in [0.2, 0.25) is 5.91 Å². The van der Waals surface area contributed by atoms with Crippen molar-refractivity contribution in [3.05, 3.63) is 30.3 Å². The second-order valence-electron chi connectivity index (χ2n) is 4.94. The molecule has 1 aliphatic rings. The van der Waals surface area contributed by atoms with Gasteiger partial charge in [-0.05, 0) is 18.6 Å². The average molecular weight is 277 g/mol. The molecule has 110 valence electrons. The van der Waals surface area contributed by atoms with E-state index in [2.05, 4.69) is 4.90 Å². The Bertz CT molecular complexity index is 403. The van der Waals surface area contributed by atoms with Gasteiger partial charge in [-0.15, -0.1) is 0 Å². The molecule has 5 nitrogen and oxygen atoms in total. The molecule has 0 saturated carbocycles. The van der Waals surface area contributed by atoms with E-state index in [0.717, 1.165) is 51.5 Å². The van der Waals surface area contributed by atoms with Crippen molar-refractivity contribution in [3.63, 3.8) is 0 Å². The van der Waals surface area contributed by atoms with Crippen molar-refractivity contribution in [2.24, 2.45) is 5.73 Å². The van der Waals surface area contributed by atoms with Crippen molar-refractivity contribution < 1.29 is 9.53 Å². The van der Waals surface area contributed by atoms with Crippen LogP contribution in [0.1, 0.15) is 6.42 Å². The lowest BCUT2D eigenvalue weighted by Crippen LogP contribution is -2.50. The summed E-state index contributed by atoms with van der Waals surface area (Å²) in [6, 6.07) is 9.87. The number of carbonyl (C=O) groups excluding carboxylic acids is 1. The van der Waals surface area contributed by atoms with Crippen molar-refractivity contribution in [1.29, 1.82) is 0 Å². The molecule has 0 unspecified atom stereocenters. The number of para-hydroxylation sites is 1. The highest BCUT2D eigenvalue weighted by Gasteiger charge is 2.19. The van der Waals surface area contributed by atoms with Gasteiger partial charge in [0.25, 0.3) is 0 Å². The van der Waals surface area contributed by atoms with Gasteiger partial charge in [0, 0.05) is 32.7 Å². The number of amides is 1. The van der Waals surface area contributed by atoms with Crippen LogP contribution in [0, 0.1) is 0 Å². The summed E-state index contributed by atoms with van der Waals surface area (Å²) < 4.78 is 5.67. The lowest BCUT2D eigenvalue weighted by atomic mass is 10.3.